The fourth-order valence-electron chi connectivity index (χ4n) is 3.13. The molecular formula is C22H24N2O4S. The molecule has 0 aliphatic rings. The van der Waals surface area contributed by atoms with Crippen LogP contribution >= 0.6 is 0 Å². The Morgan fingerprint density at radius 2 is 1.69 bits per heavy atom. The summed E-state index contributed by atoms with van der Waals surface area (Å²) in [6, 6.07) is 19.1. The highest BCUT2D eigenvalue weighted by Crippen LogP contribution is 2.18. The van der Waals surface area contributed by atoms with Crippen molar-refractivity contribution in [3.8, 4) is 5.75 Å². The third-order valence-corrected chi connectivity index (χ3v) is 6.24. The maximum absolute atomic E-state index is 12.7. The van der Waals surface area contributed by atoms with E-state index in [2.05, 4.69) is 4.72 Å². The molecular weight excluding hydrogens is 388 g/mol. The van der Waals surface area contributed by atoms with E-state index in [1.54, 1.807) is 26.1 Å². The summed E-state index contributed by atoms with van der Waals surface area (Å²) in [5.41, 5.74) is 0.977. The molecule has 0 saturated carbocycles. The second kappa shape index (κ2) is 8.63. The van der Waals surface area contributed by atoms with Crippen molar-refractivity contribution in [2.75, 3.05) is 14.2 Å². The summed E-state index contributed by atoms with van der Waals surface area (Å²) in [6.45, 7) is 1.93. The van der Waals surface area contributed by atoms with Crippen LogP contribution in [0.3, 0.4) is 0 Å². The fraction of sp³-hybridized carbons (Fsp3) is 0.227. The minimum atomic E-state index is -3.82. The number of sulfonamides is 1. The number of carbonyl (C=O) groups is 1. The summed E-state index contributed by atoms with van der Waals surface area (Å²) in [4.78, 5) is 14.3. The van der Waals surface area contributed by atoms with Gasteiger partial charge in [-0.2, -0.15) is 4.72 Å². The van der Waals surface area contributed by atoms with Crippen molar-refractivity contribution in [3.63, 3.8) is 0 Å². The van der Waals surface area contributed by atoms with Crippen molar-refractivity contribution in [1.29, 1.82) is 0 Å². The standard InChI is InChI=1S/C22H24N2O4S/c1-16(23-29(26,27)21-12-10-20(28-3)11-13-21)22(25)24(2)15-17-8-9-18-6-4-5-7-19(18)14-17/h4-14,16,23H,15H2,1-3H3/t16-/m0/s1. The molecule has 0 bridgehead atoms. The molecule has 0 radical (unpaired) electrons. The van der Waals surface area contributed by atoms with Crippen LogP contribution in [-0.2, 0) is 21.4 Å². The van der Waals surface area contributed by atoms with Crippen molar-refractivity contribution in [2.45, 2.75) is 24.4 Å². The quantitative estimate of drug-likeness (QED) is 0.647. The Bertz CT molecular complexity index is 1110. The third-order valence-electron chi connectivity index (χ3n) is 4.68. The van der Waals surface area contributed by atoms with Gasteiger partial charge in [0, 0.05) is 13.6 Å². The highest BCUT2D eigenvalue weighted by molar-refractivity contribution is 7.89. The van der Waals surface area contributed by atoms with Crippen LogP contribution in [0.25, 0.3) is 10.8 Å². The topological polar surface area (TPSA) is 75.7 Å². The lowest BCUT2D eigenvalue weighted by Gasteiger charge is -2.22. The average Bonchev–Trinajstić information content (AvgIpc) is 2.72. The van der Waals surface area contributed by atoms with Crippen molar-refractivity contribution >= 4 is 26.7 Å². The Morgan fingerprint density at radius 1 is 1.03 bits per heavy atom. The molecule has 3 aromatic rings. The number of amides is 1. The number of benzene rings is 3. The second-order valence-electron chi connectivity index (χ2n) is 6.89. The van der Waals surface area contributed by atoms with Crippen LogP contribution in [0.5, 0.6) is 5.75 Å². The van der Waals surface area contributed by atoms with E-state index in [4.69, 9.17) is 4.74 Å². The van der Waals surface area contributed by atoms with Gasteiger partial charge in [0.25, 0.3) is 0 Å². The molecule has 0 spiro atoms. The first-order valence-electron chi connectivity index (χ1n) is 9.19. The van der Waals surface area contributed by atoms with Gasteiger partial charge in [0.1, 0.15) is 5.75 Å². The second-order valence-corrected chi connectivity index (χ2v) is 8.61. The van der Waals surface area contributed by atoms with Crippen LogP contribution in [0.4, 0.5) is 0 Å². The summed E-state index contributed by atoms with van der Waals surface area (Å²) < 4.78 is 32.6. The SMILES string of the molecule is COc1ccc(S(=O)(=O)N[C@@H](C)C(=O)N(C)Cc2ccc3ccccc3c2)cc1. The predicted molar refractivity (Wildman–Crippen MR) is 113 cm³/mol. The van der Waals surface area contributed by atoms with E-state index < -0.39 is 16.1 Å². The Morgan fingerprint density at radius 3 is 2.34 bits per heavy atom. The predicted octanol–water partition coefficient (Wildman–Crippen LogP) is 3.17. The number of nitrogens with one attached hydrogen (secondary N) is 1. The van der Waals surface area contributed by atoms with Crippen molar-refractivity contribution < 1.29 is 17.9 Å². The Labute approximate surface area is 171 Å². The van der Waals surface area contributed by atoms with Crippen LogP contribution < -0.4 is 9.46 Å². The van der Waals surface area contributed by atoms with Crippen LogP contribution in [0.2, 0.25) is 0 Å². The Kier molecular flexibility index (Phi) is 6.20. The van der Waals surface area contributed by atoms with Gasteiger partial charge in [-0.1, -0.05) is 36.4 Å². The smallest absolute Gasteiger partial charge is 0.241 e. The molecule has 0 saturated heterocycles. The number of hydrogen-bond donors (Lipinski definition) is 1. The van der Waals surface area contributed by atoms with Gasteiger partial charge in [0.05, 0.1) is 18.0 Å². The fourth-order valence-corrected chi connectivity index (χ4v) is 4.32. The van der Waals surface area contributed by atoms with Crippen LogP contribution in [0, 0.1) is 0 Å². The van der Waals surface area contributed by atoms with Crippen LogP contribution in [0.1, 0.15) is 12.5 Å². The van der Waals surface area contributed by atoms with E-state index >= 15 is 0 Å². The number of carbonyl (C=O) groups excluding carboxylic acids is 1. The molecule has 3 rings (SSSR count). The number of nitrogens with zero attached hydrogens (tertiary/aromatic N) is 1. The molecule has 0 aliphatic heterocycles. The van der Waals surface area contributed by atoms with Gasteiger partial charge >= 0.3 is 0 Å². The number of likely N-dealkylation sites (N-methyl/N-ethyl adjacent to an activating group) is 1. The Balaban J connectivity index is 1.67. The Hall–Kier alpha value is -2.90. The number of fused-ring (bicyclic) bond motifs is 1. The number of methoxy groups -OCH3 is 1. The van der Waals surface area contributed by atoms with Gasteiger partial charge in [-0.25, -0.2) is 8.42 Å². The third kappa shape index (κ3) is 4.93. The largest absolute Gasteiger partial charge is 0.497 e. The number of hydrogen-bond acceptors (Lipinski definition) is 4. The van der Waals surface area contributed by atoms with E-state index in [9.17, 15) is 13.2 Å². The highest BCUT2D eigenvalue weighted by Gasteiger charge is 2.24. The zero-order valence-corrected chi connectivity index (χ0v) is 17.4. The highest BCUT2D eigenvalue weighted by atomic mass is 32.2. The monoisotopic (exact) mass is 412 g/mol. The van der Waals surface area contributed by atoms with Gasteiger partial charge in [0.2, 0.25) is 15.9 Å². The van der Waals surface area contributed by atoms with Gasteiger partial charge in [-0.15, -0.1) is 0 Å². The van der Waals surface area contributed by atoms with Gasteiger partial charge in [-0.3, -0.25) is 4.79 Å². The molecule has 3 aromatic carbocycles. The first kappa shape index (κ1) is 20.8. The van der Waals surface area contributed by atoms with Crippen LogP contribution in [-0.4, -0.2) is 39.4 Å². The normalized spacial score (nSPS) is 12.5. The van der Waals surface area contributed by atoms with Crippen LogP contribution in [0.15, 0.2) is 71.6 Å². The average molecular weight is 413 g/mol. The van der Waals surface area contributed by atoms with E-state index in [0.29, 0.717) is 12.3 Å². The van der Waals surface area contributed by atoms with Gasteiger partial charge in [0.15, 0.2) is 0 Å². The summed E-state index contributed by atoms with van der Waals surface area (Å²) in [6.07, 6.45) is 0. The van der Waals surface area contributed by atoms with E-state index in [-0.39, 0.29) is 10.8 Å². The number of rotatable bonds is 7. The molecule has 0 unspecified atom stereocenters. The summed E-state index contributed by atoms with van der Waals surface area (Å²) in [5.74, 6) is 0.249. The molecule has 29 heavy (non-hydrogen) atoms. The maximum atomic E-state index is 12.7. The van der Waals surface area contributed by atoms with Crippen molar-refractivity contribution in [3.05, 3.63) is 72.3 Å². The van der Waals surface area contributed by atoms with E-state index in [1.165, 1.54) is 24.1 Å². The minimum absolute atomic E-state index is 0.0788. The molecule has 1 N–H and O–H groups in total. The van der Waals surface area contributed by atoms with Gasteiger partial charge in [-0.05, 0) is 53.6 Å². The summed E-state index contributed by atoms with van der Waals surface area (Å²) in [5, 5.41) is 2.23. The number of ether oxygens (including phenoxy) is 1. The molecule has 152 valence electrons. The molecule has 6 nitrogen and oxygen atoms in total. The zero-order valence-electron chi connectivity index (χ0n) is 16.6. The summed E-state index contributed by atoms with van der Waals surface area (Å²) in [7, 11) is -0.648. The van der Waals surface area contributed by atoms with Gasteiger partial charge < -0.3 is 9.64 Å². The van der Waals surface area contributed by atoms with E-state index in [0.717, 1.165) is 16.3 Å². The first-order valence-corrected chi connectivity index (χ1v) is 10.7. The lowest BCUT2D eigenvalue weighted by molar-refractivity contribution is -0.131. The molecule has 1 amide bonds. The lowest BCUT2D eigenvalue weighted by Crippen LogP contribution is -2.45. The molecule has 0 fully saturated rings. The maximum Gasteiger partial charge on any atom is 0.241 e. The lowest BCUT2D eigenvalue weighted by atomic mass is 10.1. The molecule has 7 heteroatoms. The van der Waals surface area contributed by atoms with Crippen molar-refractivity contribution in [1.82, 2.24) is 9.62 Å². The first-order chi connectivity index (χ1) is 13.8. The molecule has 0 heterocycles. The van der Waals surface area contributed by atoms with E-state index in [1.807, 2.05) is 42.5 Å². The zero-order chi connectivity index (χ0) is 21.0. The molecule has 1 atom stereocenters. The molecule has 0 aromatic heterocycles. The molecule has 0 aliphatic carbocycles. The minimum Gasteiger partial charge on any atom is -0.497 e. The van der Waals surface area contributed by atoms with Crippen molar-refractivity contribution in [2.24, 2.45) is 0 Å². The summed E-state index contributed by atoms with van der Waals surface area (Å²) >= 11 is 0.